The Morgan fingerprint density at radius 3 is 2.64 bits per heavy atom. The molecule has 0 bridgehead atoms. The predicted octanol–water partition coefficient (Wildman–Crippen LogP) is 4.87. The SMILES string of the molecule is COc1c(Cl)cc(Cl)cc1/C=C/C(=O)Nc1ccc(C)cc1[N+](=O)[O-]. The summed E-state index contributed by atoms with van der Waals surface area (Å²) in [5.74, 6) is -0.165. The van der Waals surface area contributed by atoms with Crippen molar-refractivity contribution in [1.29, 1.82) is 0 Å². The Kier molecular flexibility index (Phi) is 6.01. The molecular formula is C17H14Cl2N2O4. The maximum absolute atomic E-state index is 12.1. The number of nitro groups is 1. The van der Waals surface area contributed by atoms with E-state index in [9.17, 15) is 14.9 Å². The minimum Gasteiger partial charge on any atom is -0.495 e. The van der Waals surface area contributed by atoms with Gasteiger partial charge in [0.15, 0.2) is 0 Å². The summed E-state index contributed by atoms with van der Waals surface area (Å²) in [5.41, 5.74) is 1.17. The van der Waals surface area contributed by atoms with Gasteiger partial charge in [0.05, 0.1) is 17.1 Å². The summed E-state index contributed by atoms with van der Waals surface area (Å²) in [7, 11) is 1.45. The van der Waals surface area contributed by atoms with Crippen LogP contribution in [0.1, 0.15) is 11.1 Å². The molecule has 2 rings (SSSR count). The molecule has 130 valence electrons. The number of carbonyl (C=O) groups is 1. The lowest BCUT2D eigenvalue weighted by atomic mass is 10.1. The number of ether oxygens (including phenoxy) is 1. The summed E-state index contributed by atoms with van der Waals surface area (Å²) in [4.78, 5) is 22.6. The summed E-state index contributed by atoms with van der Waals surface area (Å²) in [5, 5.41) is 14.3. The second kappa shape index (κ2) is 8.00. The van der Waals surface area contributed by atoms with Crippen molar-refractivity contribution in [2.75, 3.05) is 12.4 Å². The molecule has 0 radical (unpaired) electrons. The zero-order valence-corrected chi connectivity index (χ0v) is 14.9. The summed E-state index contributed by atoms with van der Waals surface area (Å²) < 4.78 is 5.18. The van der Waals surface area contributed by atoms with Gasteiger partial charge in [-0.3, -0.25) is 14.9 Å². The van der Waals surface area contributed by atoms with Crippen LogP contribution < -0.4 is 10.1 Å². The van der Waals surface area contributed by atoms with Crippen LogP contribution >= 0.6 is 23.2 Å². The van der Waals surface area contributed by atoms with Crippen LogP contribution in [0.3, 0.4) is 0 Å². The third-order valence-corrected chi connectivity index (χ3v) is 3.76. The number of hydrogen-bond donors (Lipinski definition) is 1. The number of anilines is 1. The van der Waals surface area contributed by atoms with Crippen LogP contribution in [0.5, 0.6) is 5.75 Å². The summed E-state index contributed by atoms with van der Waals surface area (Å²) in [6.45, 7) is 1.73. The lowest BCUT2D eigenvalue weighted by Gasteiger charge is -2.08. The van der Waals surface area contributed by atoms with Crippen LogP contribution in [0.4, 0.5) is 11.4 Å². The smallest absolute Gasteiger partial charge is 0.293 e. The van der Waals surface area contributed by atoms with Gasteiger partial charge < -0.3 is 10.1 Å². The van der Waals surface area contributed by atoms with Crippen molar-refractivity contribution in [3.8, 4) is 5.75 Å². The minimum absolute atomic E-state index is 0.112. The second-order valence-corrected chi connectivity index (χ2v) is 5.95. The largest absolute Gasteiger partial charge is 0.495 e. The molecule has 0 unspecified atom stereocenters. The number of nitrogens with zero attached hydrogens (tertiary/aromatic N) is 1. The van der Waals surface area contributed by atoms with E-state index in [1.165, 1.54) is 37.5 Å². The van der Waals surface area contributed by atoms with E-state index >= 15 is 0 Å². The number of aryl methyl sites for hydroxylation is 1. The van der Waals surface area contributed by atoms with Crippen molar-refractivity contribution in [3.63, 3.8) is 0 Å². The van der Waals surface area contributed by atoms with E-state index in [1.807, 2.05) is 0 Å². The molecule has 0 aliphatic rings. The fraction of sp³-hybridized carbons (Fsp3) is 0.118. The Labute approximate surface area is 154 Å². The molecule has 0 aliphatic carbocycles. The Bertz CT molecular complexity index is 866. The molecule has 0 saturated carbocycles. The summed E-state index contributed by atoms with van der Waals surface area (Å²) in [6.07, 6.45) is 2.68. The molecule has 8 heteroatoms. The highest BCUT2D eigenvalue weighted by molar-refractivity contribution is 6.36. The highest BCUT2D eigenvalue weighted by atomic mass is 35.5. The molecule has 6 nitrogen and oxygen atoms in total. The number of nitrogens with one attached hydrogen (secondary N) is 1. The normalized spacial score (nSPS) is 10.7. The maximum atomic E-state index is 12.1. The van der Waals surface area contributed by atoms with Gasteiger partial charge in [-0.2, -0.15) is 0 Å². The Balaban J connectivity index is 2.24. The molecule has 0 spiro atoms. The molecule has 0 heterocycles. The van der Waals surface area contributed by atoms with Crippen LogP contribution in [-0.2, 0) is 4.79 Å². The fourth-order valence-corrected chi connectivity index (χ4v) is 2.74. The van der Waals surface area contributed by atoms with E-state index in [2.05, 4.69) is 5.32 Å². The zero-order valence-electron chi connectivity index (χ0n) is 13.4. The van der Waals surface area contributed by atoms with Gasteiger partial charge in [-0.05, 0) is 36.8 Å². The van der Waals surface area contributed by atoms with Crippen molar-refractivity contribution < 1.29 is 14.5 Å². The average molecular weight is 381 g/mol. The van der Waals surface area contributed by atoms with Gasteiger partial charge in [-0.25, -0.2) is 0 Å². The van der Waals surface area contributed by atoms with Gasteiger partial charge in [-0.15, -0.1) is 0 Å². The molecule has 2 aromatic carbocycles. The first-order valence-corrected chi connectivity index (χ1v) is 7.84. The van der Waals surface area contributed by atoms with Gasteiger partial charge in [-0.1, -0.05) is 29.3 Å². The topological polar surface area (TPSA) is 81.5 Å². The van der Waals surface area contributed by atoms with E-state index in [1.54, 1.807) is 19.1 Å². The van der Waals surface area contributed by atoms with Gasteiger partial charge in [0, 0.05) is 22.7 Å². The number of benzene rings is 2. The lowest BCUT2D eigenvalue weighted by Crippen LogP contribution is -2.09. The number of carbonyl (C=O) groups excluding carboxylic acids is 1. The van der Waals surface area contributed by atoms with Crippen molar-refractivity contribution in [2.24, 2.45) is 0 Å². The predicted molar refractivity (Wildman–Crippen MR) is 98.5 cm³/mol. The molecule has 0 saturated heterocycles. The molecule has 2 aromatic rings. The molecule has 1 amide bonds. The second-order valence-electron chi connectivity index (χ2n) is 5.11. The first-order valence-electron chi connectivity index (χ1n) is 7.09. The van der Waals surface area contributed by atoms with Crippen LogP contribution in [-0.4, -0.2) is 17.9 Å². The number of rotatable bonds is 5. The number of nitro benzene ring substituents is 1. The number of hydrogen-bond acceptors (Lipinski definition) is 4. The molecule has 25 heavy (non-hydrogen) atoms. The Morgan fingerprint density at radius 2 is 2.00 bits per heavy atom. The van der Waals surface area contributed by atoms with Crippen LogP contribution in [0.25, 0.3) is 6.08 Å². The van der Waals surface area contributed by atoms with Crippen LogP contribution in [0, 0.1) is 17.0 Å². The summed E-state index contributed by atoms with van der Waals surface area (Å²) >= 11 is 12.0. The maximum Gasteiger partial charge on any atom is 0.293 e. The monoisotopic (exact) mass is 380 g/mol. The minimum atomic E-state index is -0.550. The highest BCUT2D eigenvalue weighted by Crippen LogP contribution is 2.33. The van der Waals surface area contributed by atoms with Crippen LogP contribution in [0.2, 0.25) is 10.0 Å². The third-order valence-electron chi connectivity index (χ3n) is 3.26. The fourth-order valence-electron chi connectivity index (χ4n) is 2.16. The quantitative estimate of drug-likeness (QED) is 0.455. The van der Waals surface area contributed by atoms with Gasteiger partial charge >= 0.3 is 0 Å². The lowest BCUT2D eigenvalue weighted by molar-refractivity contribution is -0.384. The molecule has 0 atom stereocenters. The van der Waals surface area contributed by atoms with Crippen molar-refractivity contribution in [1.82, 2.24) is 0 Å². The van der Waals surface area contributed by atoms with Gasteiger partial charge in [0.25, 0.3) is 5.69 Å². The number of amides is 1. The number of methoxy groups -OCH3 is 1. The summed E-state index contributed by atoms with van der Waals surface area (Å²) in [6, 6.07) is 7.65. The van der Waals surface area contributed by atoms with Gasteiger partial charge in [0.2, 0.25) is 5.91 Å². The average Bonchev–Trinajstić information content (AvgIpc) is 2.54. The first-order chi connectivity index (χ1) is 11.8. The van der Waals surface area contributed by atoms with Crippen molar-refractivity contribution in [3.05, 3.63) is 67.7 Å². The van der Waals surface area contributed by atoms with Crippen molar-refractivity contribution >= 4 is 46.6 Å². The van der Waals surface area contributed by atoms with Crippen LogP contribution in [0.15, 0.2) is 36.4 Å². The van der Waals surface area contributed by atoms with E-state index < -0.39 is 10.8 Å². The Morgan fingerprint density at radius 1 is 1.28 bits per heavy atom. The van der Waals surface area contributed by atoms with E-state index in [-0.39, 0.29) is 11.4 Å². The molecule has 0 fully saturated rings. The van der Waals surface area contributed by atoms with E-state index in [0.29, 0.717) is 21.4 Å². The Hall–Kier alpha value is -2.57. The standard InChI is InChI=1S/C17H14Cl2N2O4/c1-10-3-5-14(15(7-10)21(23)24)20-16(22)6-4-11-8-12(18)9-13(19)17(11)25-2/h3-9H,1-2H3,(H,20,22)/b6-4+. The molecular weight excluding hydrogens is 367 g/mol. The van der Waals surface area contributed by atoms with E-state index in [0.717, 1.165) is 5.56 Å². The third kappa shape index (κ3) is 4.71. The number of halogens is 2. The molecule has 1 N–H and O–H groups in total. The van der Waals surface area contributed by atoms with Gasteiger partial charge in [0.1, 0.15) is 11.4 Å². The van der Waals surface area contributed by atoms with Crippen molar-refractivity contribution in [2.45, 2.75) is 6.92 Å². The highest BCUT2D eigenvalue weighted by Gasteiger charge is 2.15. The first kappa shape index (κ1) is 18.8. The zero-order chi connectivity index (χ0) is 18.6. The van der Waals surface area contributed by atoms with E-state index in [4.69, 9.17) is 27.9 Å². The molecule has 0 aliphatic heterocycles. The molecule has 0 aromatic heterocycles.